The van der Waals surface area contributed by atoms with Crippen molar-refractivity contribution in [3.63, 3.8) is 0 Å². The fourth-order valence-corrected chi connectivity index (χ4v) is 3.76. The fourth-order valence-electron chi connectivity index (χ4n) is 3.76. The number of carbonyl (C=O) groups is 2. The predicted octanol–water partition coefficient (Wildman–Crippen LogP) is 1.75. The third kappa shape index (κ3) is 2.49. The first-order chi connectivity index (χ1) is 13.3. The molecule has 3 amide bonds. The van der Waals surface area contributed by atoms with Crippen LogP contribution in [0.2, 0.25) is 0 Å². The Morgan fingerprint density at radius 1 is 1.18 bits per heavy atom. The number of hydrogen-bond donors (Lipinski definition) is 1. The van der Waals surface area contributed by atoms with Crippen molar-refractivity contribution in [3.8, 4) is 0 Å². The summed E-state index contributed by atoms with van der Waals surface area (Å²) in [5.41, 5.74) is 2.33. The summed E-state index contributed by atoms with van der Waals surface area (Å²) in [5, 5.41) is 3.09. The maximum absolute atomic E-state index is 13.8. The van der Waals surface area contributed by atoms with Crippen LogP contribution in [0, 0.1) is 19.7 Å². The van der Waals surface area contributed by atoms with E-state index in [1.807, 2.05) is 23.0 Å². The number of imidazole rings is 1. The quantitative estimate of drug-likeness (QED) is 0.815. The topological polar surface area (TPSA) is 73.8 Å². The Kier molecular flexibility index (Phi) is 4.17. The molecule has 4 rings (SSSR count). The van der Waals surface area contributed by atoms with E-state index >= 15 is 0 Å². The Morgan fingerprint density at radius 2 is 1.89 bits per heavy atom. The fraction of sp³-hybridized carbons (Fsp3) is 0.368. The second kappa shape index (κ2) is 6.43. The van der Waals surface area contributed by atoms with Gasteiger partial charge in [-0.15, -0.1) is 0 Å². The number of aliphatic imine (C=N–C) groups is 1. The van der Waals surface area contributed by atoms with Crippen molar-refractivity contribution in [2.24, 2.45) is 4.99 Å². The summed E-state index contributed by atoms with van der Waals surface area (Å²) in [4.78, 5) is 32.1. The van der Waals surface area contributed by atoms with E-state index in [0.717, 1.165) is 16.3 Å². The van der Waals surface area contributed by atoms with Crippen LogP contribution in [0.1, 0.15) is 17.4 Å². The highest BCUT2D eigenvalue weighted by molar-refractivity contribution is 6.20. The number of nitrogens with one attached hydrogen (secondary N) is 1. The summed E-state index contributed by atoms with van der Waals surface area (Å²) in [6.45, 7) is 4.92. The number of urea groups is 1. The number of benzene rings is 1. The summed E-state index contributed by atoms with van der Waals surface area (Å²) in [7, 11) is 3.10. The molecule has 3 heterocycles. The first kappa shape index (κ1) is 18.1. The molecule has 146 valence electrons. The molecule has 1 N–H and O–H groups in total. The molecule has 2 aliphatic rings. The number of carbonyl (C=O) groups excluding carboxylic acids is 2. The number of aromatic nitrogens is 2. The second-order valence-electron chi connectivity index (χ2n) is 7.01. The third-order valence-corrected chi connectivity index (χ3v) is 5.47. The van der Waals surface area contributed by atoms with E-state index in [9.17, 15) is 14.0 Å². The Bertz CT molecular complexity index is 1030. The average molecular weight is 385 g/mol. The van der Waals surface area contributed by atoms with Gasteiger partial charge in [0.15, 0.2) is 0 Å². The lowest BCUT2D eigenvalue weighted by Gasteiger charge is -2.30. The number of para-hydroxylation sites is 1. The van der Waals surface area contributed by atoms with Gasteiger partial charge in [-0.3, -0.25) is 14.6 Å². The van der Waals surface area contributed by atoms with Gasteiger partial charge in [0.25, 0.3) is 5.91 Å². The first-order valence-electron chi connectivity index (χ1n) is 9.06. The zero-order valence-corrected chi connectivity index (χ0v) is 16.2. The lowest BCUT2D eigenvalue weighted by Crippen LogP contribution is -2.56. The second-order valence-corrected chi connectivity index (χ2v) is 7.01. The van der Waals surface area contributed by atoms with Crippen molar-refractivity contribution in [1.82, 2.24) is 14.4 Å². The number of nitrogens with zero attached hydrogens (tertiary/aromatic N) is 5. The summed E-state index contributed by atoms with van der Waals surface area (Å²) in [6, 6.07) is 5.48. The summed E-state index contributed by atoms with van der Waals surface area (Å²) >= 11 is 0. The van der Waals surface area contributed by atoms with Crippen LogP contribution in [0.5, 0.6) is 0 Å². The van der Waals surface area contributed by atoms with E-state index in [4.69, 9.17) is 0 Å². The maximum Gasteiger partial charge on any atom is 0.402 e. The molecule has 2 aromatic rings. The van der Waals surface area contributed by atoms with Crippen molar-refractivity contribution in [3.05, 3.63) is 41.5 Å². The molecule has 0 spiro atoms. The average Bonchev–Trinajstić information content (AvgIpc) is 3.17. The number of halogens is 1. The van der Waals surface area contributed by atoms with Crippen molar-refractivity contribution < 1.29 is 18.5 Å². The molecule has 0 aliphatic carbocycles. The van der Waals surface area contributed by atoms with Gasteiger partial charge in [0.05, 0.1) is 12.2 Å². The zero-order chi connectivity index (χ0) is 20.2. The number of hydrogen-bond acceptors (Lipinski definition) is 4. The number of likely N-dealkylation sites (N-methyl/N-ethyl adjacent to an activating group) is 2. The summed E-state index contributed by atoms with van der Waals surface area (Å²) in [6.07, 6.45) is 0. The highest BCUT2D eigenvalue weighted by Crippen LogP contribution is 2.34. The van der Waals surface area contributed by atoms with Crippen LogP contribution in [-0.2, 0) is 11.3 Å². The van der Waals surface area contributed by atoms with E-state index in [2.05, 4.69) is 10.3 Å². The van der Waals surface area contributed by atoms with Crippen molar-refractivity contribution >= 4 is 29.4 Å². The van der Waals surface area contributed by atoms with Crippen LogP contribution in [-0.4, -0.2) is 52.8 Å². The van der Waals surface area contributed by atoms with E-state index in [1.54, 1.807) is 25.2 Å². The molecule has 0 radical (unpaired) electrons. The SMILES string of the molecule is Cc1c(C)[n+](CCNc2ccccc2F)c2n1C1C(=O)N(C)C(=O)N(C)C1=N2. The molecule has 2 aliphatic heterocycles. The van der Waals surface area contributed by atoms with Gasteiger partial charge < -0.3 is 5.32 Å². The van der Waals surface area contributed by atoms with Crippen LogP contribution in [0.15, 0.2) is 29.3 Å². The molecule has 8 nitrogen and oxygen atoms in total. The smallest absolute Gasteiger partial charge is 0.379 e. The van der Waals surface area contributed by atoms with Gasteiger partial charge in [0.2, 0.25) is 11.9 Å². The molecule has 1 saturated heterocycles. The number of imide groups is 1. The Hall–Kier alpha value is -3.23. The lowest BCUT2D eigenvalue weighted by molar-refractivity contribution is -0.686. The lowest BCUT2D eigenvalue weighted by atomic mass is 10.1. The van der Waals surface area contributed by atoms with E-state index < -0.39 is 12.1 Å². The van der Waals surface area contributed by atoms with Crippen molar-refractivity contribution in [2.45, 2.75) is 26.4 Å². The van der Waals surface area contributed by atoms with Crippen LogP contribution >= 0.6 is 0 Å². The number of rotatable bonds is 4. The normalized spacial score (nSPS) is 18.3. The van der Waals surface area contributed by atoms with Gasteiger partial charge in [-0.2, -0.15) is 0 Å². The molecular formula is C19H22FN6O2+. The Morgan fingerprint density at radius 3 is 2.61 bits per heavy atom. The Labute approximate surface area is 161 Å². The van der Waals surface area contributed by atoms with Crippen LogP contribution in [0.3, 0.4) is 0 Å². The first-order valence-corrected chi connectivity index (χ1v) is 9.06. The van der Waals surface area contributed by atoms with E-state index in [1.165, 1.54) is 18.0 Å². The minimum absolute atomic E-state index is 0.296. The number of amides is 3. The maximum atomic E-state index is 13.8. The monoisotopic (exact) mass is 385 g/mol. The molecule has 1 unspecified atom stereocenters. The van der Waals surface area contributed by atoms with Crippen LogP contribution in [0.25, 0.3) is 0 Å². The molecule has 1 aromatic heterocycles. The molecule has 1 atom stereocenters. The summed E-state index contributed by atoms with van der Waals surface area (Å²) in [5.74, 6) is 0.452. The summed E-state index contributed by atoms with van der Waals surface area (Å²) < 4.78 is 17.7. The van der Waals surface area contributed by atoms with Gasteiger partial charge in [0, 0.05) is 20.6 Å². The largest absolute Gasteiger partial charge is 0.402 e. The van der Waals surface area contributed by atoms with Gasteiger partial charge in [-0.1, -0.05) is 17.1 Å². The van der Waals surface area contributed by atoms with Crippen molar-refractivity contribution in [2.75, 3.05) is 26.0 Å². The molecular weight excluding hydrogens is 363 g/mol. The minimum Gasteiger partial charge on any atom is -0.379 e. The zero-order valence-electron chi connectivity index (χ0n) is 16.2. The number of amidine groups is 1. The molecule has 1 fully saturated rings. The molecule has 9 heteroatoms. The number of fused-ring (bicyclic) bond motifs is 3. The molecule has 0 bridgehead atoms. The molecule has 28 heavy (non-hydrogen) atoms. The van der Waals surface area contributed by atoms with Gasteiger partial charge >= 0.3 is 12.0 Å². The van der Waals surface area contributed by atoms with Crippen molar-refractivity contribution in [1.29, 1.82) is 0 Å². The highest BCUT2D eigenvalue weighted by Gasteiger charge is 2.53. The number of anilines is 1. The predicted molar refractivity (Wildman–Crippen MR) is 101 cm³/mol. The standard InChI is InChI=1S/C19H22FN6O2/c1-11-12(2)26-15-16(23(3)19(28)24(4)17(15)27)22-18(26)25(11)10-9-21-14-8-6-5-7-13(14)20/h5-8,15,21H,9-10H2,1-4H3/q+1. The van der Waals surface area contributed by atoms with Gasteiger partial charge in [-0.05, 0) is 26.0 Å². The van der Waals surface area contributed by atoms with E-state index in [-0.39, 0.29) is 11.7 Å². The highest BCUT2D eigenvalue weighted by atomic mass is 19.1. The van der Waals surface area contributed by atoms with Gasteiger partial charge in [0.1, 0.15) is 17.2 Å². The van der Waals surface area contributed by atoms with Crippen LogP contribution in [0.4, 0.5) is 20.8 Å². The Balaban J connectivity index is 1.65. The molecule has 1 aromatic carbocycles. The van der Waals surface area contributed by atoms with Gasteiger partial charge in [-0.25, -0.2) is 18.3 Å². The third-order valence-electron chi connectivity index (χ3n) is 5.47. The van der Waals surface area contributed by atoms with Crippen LogP contribution < -0.4 is 9.88 Å². The van der Waals surface area contributed by atoms with E-state index in [0.29, 0.717) is 30.6 Å². The minimum atomic E-state index is -0.637. The molecule has 0 saturated carbocycles.